The number of hydrogen-bond donors (Lipinski definition) is 0. The monoisotopic (exact) mass is 270 g/mol. The zero-order valence-electron chi connectivity index (χ0n) is 11.6. The molecule has 1 aliphatic heterocycles. The van der Waals surface area contributed by atoms with E-state index in [2.05, 4.69) is 17.1 Å². The first kappa shape index (κ1) is 12.8. The van der Waals surface area contributed by atoms with E-state index >= 15 is 0 Å². The van der Waals surface area contributed by atoms with Gasteiger partial charge >= 0.3 is 0 Å². The number of aromatic nitrogens is 3. The smallest absolute Gasteiger partial charge is 0.230 e. The molecule has 1 aromatic heterocycles. The van der Waals surface area contributed by atoms with Crippen LogP contribution in [0.4, 0.5) is 0 Å². The van der Waals surface area contributed by atoms with Crippen LogP contribution in [0.2, 0.25) is 0 Å². The molecule has 0 aliphatic carbocycles. The summed E-state index contributed by atoms with van der Waals surface area (Å²) in [5.41, 5.74) is 1.09. The van der Waals surface area contributed by atoms with Crippen LogP contribution in [0.5, 0.6) is 0 Å². The lowest BCUT2D eigenvalue weighted by molar-refractivity contribution is -0.134. The average molecular weight is 270 g/mol. The fourth-order valence-electron chi connectivity index (χ4n) is 2.71. The van der Waals surface area contributed by atoms with E-state index in [4.69, 9.17) is 0 Å². The van der Waals surface area contributed by atoms with E-state index in [1.54, 1.807) is 6.33 Å². The van der Waals surface area contributed by atoms with Gasteiger partial charge in [0.1, 0.15) is 6.33 Å². The molecular weight excluding hydrogens is 252 g/mol. The third-order valence-corrected chi connectivity index (χ3v) is 3.86. The van der Waals surface area contributed by atoms with E-state index in [-0.39, 0.29) is 11.8 Å². The number of rotatable bonds is 3. The normalized spacial score (nSPS) is 15.8. The van der Waals surface area contributed by atoms with Gasteiger partial charge in [-0.3, -0.25) is 4.79 Å². The fourth-order valence-corrected chi connectivity index (χ4v) is 2.71. The number of nitrogens with zero attached hydrogens (tertiary/aromatic N) is 4. The van der Waals surface area contributed by atoms with E-state index in [0.29, 0.717) is 6.54 Å². The molecule has 1 atom stereocenters. The first-order valence-corrected chi connectivity index (χ1v) is 7.00. The third-order valence-electron chi connectivity index (χ3n) is 3.86. The Balaban J connectivity index is 1.78. The maximum Gasteiger partial charge on any atom is 0.230 e. The quantitative estimate of drug-likeness (QED) is 0.854. The summed E-state index contributed by atoms with van der Waals surface area (Å²) < 4.78 is 2.01. The number of carbonyl (C=O) groups excluding carboxylic acids is 1. The maximum atomic E-state index is 12.7. The molecule has 20 heavy (non-hydrogen) atoms. The van der Waals surface area contributed by atoms with Gasteiger partial charge in [0.2, 0.25) is 5.91 Å². The number of amides is 1. The Morgan fingerprint density at radius 1 is 1.30 bits per heavy atom. The highest BCUT2D eigenvalue weighted by atomic mass is 16.2. The standard InChI is InChI=1S/C15H18N4O/c1-2-13(12-6-4-3-5-7-12)15(20)18-8-9-19-11-16-17-14(19)10-18/h3-7,11,13H,2,8-10H2,1H3/t13-/m1/s1. The molecule has 2 aromatic rings. The molecular formula is C15H18N4O. The van der Waals surface area contributed by atoms with Crippen molar-refractivity contribution >= 4 is 5.91 Å². The van der Waals surface area contributed by atoms with E-state index in [1.165, 1.54) is 0 Å². The van der Waals surface area contributed by atoms with Crippen LogP contribution in [0.15, 0.2) is 36.7 Å². The van der Waals surface area contributed by atoms with Gasteiger partial charge in [-0.25, -0.2) is 0 Å². The second-order valence-electron chi connectivity index (χ2n) is 5.07. The lowest BCUT2D eigenvalue weighted by atomic mass is 9.95. The van der Waals surface area contributed by atoms with Crippen molar-refractivity contribution in [1.82, 2.24) is 19.7 Å². The van der Waals surface area contributed by atoms with Gasteiger partial charge in [-0.15, -0.1) is 10.2 Å². The maximum absolute atomic E-state index is 12.7. The molecule has 104 valence electrons. The predicted octanol–water partition coefficient (Wildman–Crippen LogP) is 1.81. The Hall–Kier alpha value is -2.17. The molecule has 0 N–H and O–H groups in total. The highest BCUT2D eigenvalue weighted by Gasteiger charge is 2.27. The molecule has 2 heterocycles. The van der Waals surface area contributed by atoms with E-state index in [9.17, 15) is 4.79 Å². The van der Waals surface area contributed by atoms with E-state index < -0.39 is 0 Å². The second-order valence-corrected chi connectivity index (χ2v) is 5.07. The van der Waals surface area contributed by atoms with Crippen molar-refractivity contribution in [2.24, 2.45) is 0 Å². The molecule has 5 nitrogen and oxygen atoms in total. The van der Waals surface area contributed by atoms with Crippen LogP contribution in [0.25, 0.3) is 0 Å². The van der Waals surface area contributed by atoms with Crippen LogP contribution in [0.3, 0.4) is 0 Å². The van der Waals surface area contributed by atoms with Crippen LogP contribution in [0, 0.1) is 0 Å². The molecule has 0 saturated heterocycles. The second kappa shape index (κ2) is 5.45. The Kier molecular flexibility index (Phi) is 3.50. The third kappa shape index (κ3) is 2.31. The van der Waals surface area contributed by atoms with Gasteiger partial charge in [-0.05, 0) is 12.0 Å². The Morgan fingerprint density at radius 2 is 2.10 bits per heavy atom. The van der Waals surface area contributed by atoms with E-state index in [1.807, 2.05) is 39.8 Å². The average Bonchev–Trinajstić information content (AvgIpc) is 2.96. The van der Waals surface area contributed by atoms with Gasteiger partial charge in [-0.2, -0.15) is 0 Å². The largest absolute Gasteiger partial charge is 0.333 e. The fraction of sp³-hybridized carbons (Fsp3) is 0.400. The molecule has 1 aromatic carbocycles. The van der Waals surface area contributed by atoms with Gasteiger partial charge in [-0.1, -0.05) is 37.3 Å². The van der Waals surface area contributed by atoms with Gasteiger partial charge in [0, 0.05) is 13.1 Å². The first-order valence-electron chi connectivity index (χ1n) is 7.00. The van der Waals surface area contributed by atoms with E-state index in [0.717, 1.165) is 30.9 Å². The molecule has 3 rings (SSSR count). The minimum Gasteiger partial charge on any atom is -0.333 e. The zero-order chi connectivity index (χ0) is 13.9. The van der Waals surface area contributed by atoms with Gasteiger partial charge < -0.3 is 9.47 Å². The lowest BCUT2D eigenvalue weighted by Gasteiger charge is -2.30. The summed E-state index contributed by atoms with van der Waals surface area (Å²) >= 11 is 0. The molecule has 0 spiro atoms. The van der Waals surface area contributed by atoms with Crippen LogP contribution in [0.1, 0.15) is 30.7 Å². The number of fused-ring (bicyclic) bond motifs is 1. The molecule has 0 radical (unpaired) electrons. The summed E-state index contributed by atoms with van der Waals surface area (Å²) in [6.45, 7) is 4.12. The lowest BCUT2D eigenvalue weighted by Crippen LogP contribution is -2.40. The summed E-state index contributed by atoms with van der Waals surface area (Å²) in [5.74, 6) is 0.992. The summed E-state index contributed by atoms with van der Waals surface area (Å²) in [7, 11) is 0. The van der Waals surface area contributed by atoms with Crippen molar-refractivity contribution in [2.45, 2.75) is 32.4 Å². The highest BCUT2D eigenvalue weighted by Crippen LogP contribution is 2.23. The molecule has 0 saturated carbocycles. The molecule has 5 heteroatoms. The zero-order valence-corrected chi connectivity index (χ0v) is 11.6. The topological polar surface area (TPSA) is 51.0 Å². The van der Waals surface area contributed by atoms with Crippen LogP contribution in [-0.2, 0) is 17.9 Å². The van der Waals surface area contributed by atoms with Crippen molar-refractivity contribution in [3.8, 4) is 0 Å². The number of hydrogen-bond acceptors (Lipinski definition) is 3. The first-order chi connectivity index (χ1) is 9.79. The summed E-state index contributed by atoms with van der Waals surface area (Å²) in [6, 6.07) is 10.00. The minimum absolute atomic E-state index is 0.0642. The Bertz CT molecular complexity index is 593. The molecule has 0 fully saturated rings. The van der Waals surface area contributed by atoms with Crippen molar-refractivity contribution in [1.29, 1.82) is 0 Å². The SMILES string of the molecule is CC[C@@H](C(=O)N1CCn2cnnc2C1)c1ccccc1. The van der Waals surface area contributed by atoms with Crippen molar-refractivity contribution < 1.29 is 4.79 Å². The number of carbonyl (C=O) groups is 1. The van der Waals surface area contributed by atoms with Crippen molar-refractivity contribution in [2.75, 3.05) is 6.54 Å². The van der Waals surface area contributed by atoms with Crippen LogP contribution < -0.4 is 0 Å². The molecule has 1 aliphatic rings. The minimum atomic E-state index is -0.0642. The van der Waals surface area contributed by atoms with Crippen LogP contribution >= 0.6 is 0 Å². The number of benzene rings is 1. The van der Waals surface area contributed by atoms with Crippen molar-refractivity contribution in [3.63, 3.8) is 0 Å². The Morgan fingerprint density at radius 3 is 2.85 bits per heavy atom. The van der Waals surface area contributed by atoms with Crippen molar-refractivity contribution in [3.05, 3.63) is 48.0 Å². The van der Waals surface area contributed by atoms with Gasteiger partial charge in [0.15, 0.2) is 5.82 Å². The van der Waals surface area contributed by atoms with Gasteiger partial charge in [0.05, 0.1) is 12.5 Å². The molecule has 0 unspecified atom stereocenters. The summed E-state index contributed by atoms with van der Waals surface area (Å²) in [5, 5.41) is 7.96. The Labute approximate surface area is 118 Å². The molecule has 1 amide bonds. The molecule has 0 bridgehead atoms. The summed E-state index contributed by atoms with van der Waals surface area (Å²) in [4.78, 5) is 14.6. The predicted molar refractivity (Wildman–Crippen MR) is 74.9 cm³/mol. The van der Waals surface area contributed by atoms with Crippen LogP contribution in [-0.4, -0.2) is 32.1 Å². The summed E-state index contributed by atoms with van der Waals surface area (Å²) in [6.07, 6.45) is 2.54. The highest BCUT2D eigenvalue weighted by molar-refractivity contribution is 5.83. The van der Waals surface area contributed by atoms with Gasteiger partial charge in [0.25, 0.3) is 0 Å².